The number of rotatable bonds is 7. The molecular weight excluding hydrogens is 312 g/mol. The third kappa shape index (κ3) is 5.33. The highest BCUT2D eigenvalue weighted by Crippen LogP contribution is 2.14. The molecule has 2 aromatic carbocycles. The molecule has 1 aliphatic heterocycles. The van der Waals surface area contributed by atoms with Crippen molar-refractivity contribution in [2.24, 2.45) is 0 Å². The van der Waals surface area contributed by atoms with E-state index in [1.165, 1.54) is 31.5 Å². The van der Waals surface area contributed by atoms with E-state index in [0.29, 0.717) is 13.0 Å². The molecule has 0 radical (unpaired) electrons. The highest BCUT2D eigenvalue weighted by molar-refractivity contribution is 5.78. The molecule has 1 heterocycles. The Balaban J connectivity index is 1.49. The standard InChI is InChI=1S/C21H26N2O2/c1-25-20-9-7-17(8-10-20)14-21(24)22-15-18-5-4-6-19(13-18)16-23-11-2-3-12-23/h4-10,13H,2-3,11-12,14-16H2,1H3,(H,22,24). The van der Waals surface area contributed by atoms with Crippen molar-refractivity contribution in [3.63, 3.8) is 0 Å². The van der Waals surface area contributed by atoms with Crippen molar-refractivity contribution >= 4 is 5.91 Å². The van der Waals surface area contributed by atoms with E-state index in [0.717, 1.165) is 23.4 Å². The minimum Gasteiger partial charge on any atom is -0.497 e. The van der Waals surface area contributed by atoms with Gasteiger partial charge in [-0.15, -0.1) is 0 Å². The minimum atomic E-state index is 0.0371. The Morgan fingerprint density at radius 3 is 2.48 bits per heavy atom. The average molecular weight is 338 g/mol. The average Bonchev–Trinajstić information content (AvgIpc) is 3.14. The zero-order valence-electron chi connectivity index (χ0n) is 14.8. The molecule has 0 bridgehead atoms. The molecule has 1 N–H and O–H groups in total. The second-order valence-electron chi connectivity index (χ2n) is 6.60. The van der Waals surface area contributed by atoms with Crippen molar-refractivity contribution in [3.8, 4) is 5.75 Å². The Kier molecular flexibility index (Phi) is 6.07. The Labute approximate surface area is 149 Å². The second kappa shape index (κ2) is 8.67. The summed E-state index contributed by atoms with van der Waals surface area (Å²) in [6.45, 7) is 3.97. The first-order chi connectivity index (χ1) is 12.2. The Bertz CT molecular complexity index is 691. The van der Waals surface area contributed by atoms with Gasteiger partial charge in [-0.2, -0.15) is 0 Å². The largest absolute Gasteiger partial charge is 0.497 e. The van der Waals surface area contributed by atoms with Gasteiger partial charge in [0.15, 0.2) is 0 Å². The summed E-state index contributed by atoms with van der Waals surface area (Å²) in [6.07, 6.45) is 3.00. The van der Waals surface area contributed by atoms with Crippen molar-refractivity contribution in [2.45, 2.75) is 32.4 Å². The first-order valence-electron chi connectivity index (χ1n) is 8.93. The topological polar surface area (TPSA) is 41.6 Å². The fraction of sp³-hybridized carbons (Fsp3) is 0.381. The van der Waals surface area contributed by atoms with E-state index in [2.05, 4.69) is 34.5 Å². The lowest BCUT2D eigenvalue weighted by atomic mass is 10.1. The molecule has 0 aromatic heterocycles. The fourth-order valence-corrected chi connectivity index (χ4v) is 3.23. The predicted octanol–water partition coefficient (Wildman–Crippen LogP) is 3.15. The summed E-state index contributed by atoms with van der Waals surface area (Å²) in [7, 11) is 1.64. The van der Waals surface area contributed by atoms with Gasteiger partial charge in [0.05, 0.1) is 13.5 Å². The summed E-state index contributed by atoms with van der Waals surface area (Å²) in [4.78, 5) is 14.6. The third-order valence-electron chi connectivity index (χ3n) is 4.61. The lowest BCUT2D eigenvalue weighted by Crippen LogP contribution is -2.24. The highest BCUT2D eigenvalue weighted by Gasteiger charge is 2.11. The molecular formula is C21H26N2O2. The van der Waals surface area contributed by atoms with Crippen molar-refractivity contribution in [1.29, 1.82) is 0 Å². The smallest absolute Gasteiger partial charge is 0.224 e. The van der Waals surface area contributed by atoms with Gasteiger partial charge in [0.1, 0.15) is 5.75 Å². The molecule has 0 unspecified atom stereocenters. The lowest BCUT2D eigenvalue weighted by Gasteiger charge is -2.15. The molecule has 0 spiro atoms. The lowest BCUT2D eigenvalue weighted by molar-refractivity contribution is -0.120. The highest BCUT2D eigenvalue weighted by atomic mass is 16.5. The molecule has 4 nitrogen and oxygen atoms in total. The first kappa shape index (κ1) is 17.5. The van der Waals surface area contributed by atoms with Gasteiger partial charge in [-0.3, -0.25) is 9.69 Å². The van der Waals surface area contributed by atoms with E-state index in [1.807, 2.05) is 24.3 Å². The number of likely N-dealkylation sites (tertiary alicyclic amines) is 1. The molecule has 1 aliphatic rings. The molecule has 1 amide bonds. The van der Waals surface area contributed by atoms with Crippen LogP contribution in [0.4, 0.5) is 0 Å². The molecule has 3 rings (SSSR count). The molecule has 0 saturated carbocycles. The monoisotopic (exact) mass is 338 g/mol. The molecule has 1 saturated heterocycles. The predicted molar refractivity (Wildman–Crippen MR) is 99.5 cm³/mol. The number of hydrogen-bond donors (Lipinski definition) is 1. The van der Waals surface area contributed by atoms with Crippen LogP contribution in [0.3, 0.4) is 0 Å². The minimum absolute atomic E-state index is 0.0371. The summed E-state index contributed by atoms with van der Waals surface area (Å²) in [5.41, 5.74) is 3.46. The summed E-state index contributed by atoms with van der Waals surface area (Å²) < 4.78 is 5.13. The Morgan fingerprint density at radius 2 is 1.76 bits per heavy atom. The molecule has 132 valence electrons. The van der Waals surface area contributed by atoms with Crippen LogP contribution in [0.2, 0.25) is 0 Å². The van der Waals surface area contributed by atoms with Crippen molar-refractivity contribution in [1.82, 2.24) is 10.2 Å². The molecule has 1 fully saturated rings. The van der Waals surface area contributed by atoms with E-state index < -0.39 is 0 Å². The maximum Gasteiger partial charge on any atom is 0.224 e. The van der Waals surface area contributed by atoms with Gasteiger partial charge in [0.25, 0.3) is 0 Å². The number of methoxy groups -OCH3 is 1. The van der Waals surface area contributed by atoms with Crippen LogP contribution in [-0.4, -0.2) is 31.0 Å². The third-order valence-corrected chi connectivity index (χ3v) is 4.61. The molecule has 4 heteroatoms. The van der Waals surface area contributed by atoms with Crippen LogP contribution in [0.1, 0.15) is 29.5 Å². The number of carbonyl (C=O) groups excluding carboxylic acids is 1. The van der Waals surface area contributed by atoms with Gasteiger partial charge in [0.2, 0.25) is 5.91 Å². The quantitative estimate of drug-likeness (QED) is 0.843. The summed E-state index contributed by atoms with van der Waals surface area (Å²) in [6, 6.07) is 16.1. The molecule has 0 aliphatic carbocycles. The van der Waals surface area contributed by atoms with Gasteiger partial charge in [-0.05, 0) is 54.8 Å². The van der Waals surface area contributed by atoms with Gasteiger partial charge >= 0.3 is 0 Å². The number of amides is 1. The number of benzene rings is 2. The molecule has 2 aromatic rings. The van der Waals surface area contributed by atoms with E-state index in [9.17, 15) is 4.79 Å². The van der Waals surface area contributed by atoms with Crippen molar-refractivity contribution in [2.75, 3.05) is 20.2 Å². The number of nitrogens with zero attached hydrogens (tertiary/aromatic N) is 1. The van der Waals surface area contributed by atoms with Crippen LogP contribution in [0, 0.1) is 0 Å². The van der Waals surface area contributed by atoms with Gasteiger partial charge in [-0.1, -0.05) is 36.4 Å². The van der Waals surface area contributed by atoms with Crippen LogP contribution < -0.4 is 10.1 Å². The summed E-state index contributed by atoms with van der Waals surface area (Å²) in [5.74, 6) is 0.842. The Morgan fingerprint density at radius 1 is 1.04 bits per heavy atom. The van der Waals surface area contributed by atoms with E-state index >= 15 is 0 Å². The number of nitrogens with one attached hydrogen (secondary N) is 1. The summed E-state index contributed by atoms with van der Waals surface area (Å²) >= 11 is 0. The maximum absolute atomic E-state index is 12.2. The molecule has 0 atom stereocenters. The van der Waals surface area contributed by atoms with E-state index in [4.69, 9.17) is 4.74 Å². The van der Waals surface area contributed by atoms with Crippen LogP contribution in [0.25, 0.3) is 0 Å². The van der Waals surface area contributed by atoms with E-state index in [-0.39, 0.29) is 5.91 Å². The number of ether oxygens (including phenoxy) is 1. The SMILES string of the molecule is COc1ccc(CC(=O)NCc2cccc(CN3CCCC3)c2)cc1. The second-order valence-corrected chi connectivity index (χ2v) is 6.60. The first-order valence-corrected chi connectivity index (χ1v) is 8.93. The van der Waals surface area contributed by atoms with Crippen LogP contribution >= 0.6 is 0 Å². The van der Waals surface area contributed by atoms with Crippen LogP contribution in [-0.2, 0) is 24.3 Å². The zero-order valence-corrected chi connectivity index (χ0v) is 14.8. The number of hydrogen-bond acceptors (Lipinski definition) is 3. The zero-order chi connectivity index (χ0) is 17.5. The Hall–Kier alpha value is -2.33. The maximum atomic E-state index is 12.2. The number of carbonyl (C=O) groups is 1. The fourth-order valence-electron chi connectivity index (χ4n) is 3.23. The van der Waals surface area contributed by atoms with Gasteiger partial charge in [0, 0.05) is 13.1 Å². The normalized spacial score (nSPS) is 14.4. The van der Waals surface area contributed by atoms with Crippen LogP contribution in [0.15, 0.2) is 48.5 Å². The molecule has 25 heavy (non-hydrogen) atoms. The van der Waals surface area contributed by atoms with Crippen molar-refractivity contribution < 1.29 is 9.53 Å². The summed E-state index contributed by atoms with van der Waals surface area (Å²) in [5, 5.41) is 3.01. The van der Waals surface area contributed by atoms with E-state index in [1.54, 1.807) is 7.11 Å². The van der Waals surface area contributed by atoms with Crippen molar-refractivity contribution in [3.05, 3.63) is 65.2 Å². The van der Waals surface area contributed by atoms with Crippen LogP contribution in [0.5, 0.6) is 5.75 Å². The van der Waals surface area contributed by atoms with Gasteiger partial charge in [-0.25, -0.2) is 0 Å². The van der Waals surface area contributed by atoms with Gasteiger partial charge < -0.3 is 10.1 Å².